The molecule has 1 amide bonds. The number of aliphatic hydroxyl groups is 1. The van der Waals surface area contributed by atoms with E-state index in [4.69, 9.17) is 4.74 Å². The quantitative estimate of drug-likeness (QED) is 0.657. The van der Waals surface area contributed by atoms with E-state index in [1.54, 1.807) is 35.7 Å². The molecule has 2 aromatic rings. The number of fused-ring (bicyclic) bond motifs is 1. The summed E-state index contributed by atoms with van der Waals surface area (Å²) in [5.41, 5.74) is 1.10. The first-order valence-corrected chi connectivity index (χ1v) is 8.16. The Hall–Kier alpha value is -2.51. The van der Waals surface area contributed by atoms with Crippen molar-refractivity contribution in [2.45, 2.75) is 18.1 Å². The molecule has 0 radical (unpaired) electrons. The second-order valence-corrected chi connectivity index (χ2v) is 6.32. The van der Waals surface area contributed by atoms with Crippen LogP contribution in [0.4, 0.5) is 5.82 Å². The predicted octanol–water partition coefficient (Wildman–Crippen LogP) is 2.70. The van der Waals surface area contributed by atoms with Crippen molar-refractivity contribution in [1.29, 1.82) is 0 Å². The van der Waals surface area contributed by atoms with Gasteiger partial charge in [0, 0.05) is 23.7 Å². The van der Waals surface area contributed by atoms with E-state index in [2.05, 4.69) is 10.3 Å². The number of likely N-dealkylation sites (N-methyl/N-ethyl adjacent to an activating group) is 1. The van der Waals surface area contributed by atoms with Gasteiger partial charge < -0.3 is 19.5 Å². The smallest absolute Gasteiger partial charge is 0.277 e. The Morgan fingerprint density at radius 2 is 2.04 bits per heavy atom. The van der Waals surface area contributed by atoms with Crippen LogP contribution >= 0.6 is 11.9 Å². The fraction of sp³-hybridized carbons (Fsp3) is 0.176. The SMILES string of the molecule is CC(O)OC1=C(C(=O)Nc2ccccn2)N(C)Sc2ccccc21. The molecule has 0 fully saturated rings. The van der Waals surface area contributed by atoms with E-state index in [0.717, 1.165) is 10.5 Å². The van der Waals surface area contributed by atoms with Crippen LogP contribution < -0.4 is 5.32 Å². The summed E-state index contributed by atoms with van der Waals surface area (Å²) in [5.74, 6) is 0.438. The summed E-state index contributed by atoms with van der Waals surface area (Å²) in [7, 11) is 1.78. The number of amides is 1. The summed E-state index contributed by atoms with van der Waals surface area (Å²) in [6.07, 6.45) is 0.563. The van der Waals surface area contributed by atoms with E-state index in [1.165, 1.54) is 18.9 Å². The molecule has 0 aliphatic carbocycles. The lowest BCUT2D eigenvalue weighted by Crippen LogP contribution is -2.29. The lowest BCUT2D eigenvalue weighted by molar-refractivity contribution is -0.113. The summed E-state index contributed by atoms with van der Waals surface area (Å²) < 4.78 is 7.28. The zero-order valence-electron chi connectivity index (χ0n) is 13.3. The maximum absolute atomic E-state index is 12.8. The van der Waals surface area contributed by atoms with Gasteiger partial charge in [0.15, 0.2) is 17.7 Å². The fourth-order valence-corrected chi connectivity index (χ4v) is 3.30. The molecule has 0 saturated carbocycles. The van der Waals surface area contributed by atoms with Gasteiger partial charge in [0.25, 0.3) is 5.91 Å². The van der Waals surface area contributed by atoms with Crippen LogP contribution in [0, 0.1) is 0 Å². The number of carbonyl (C=O) groups is 1. The highest BCUT2D eigenvalue weighted by atomic mass is 32.2. The van der Waals surface area contributed by atoms with Gasteiger partial charge in [-0.1, -0.05) is 18.2 Å². The minimum atomic E-state index is -1.04. The fourth-order valence-electron chi connectivity index (χ4n) is 2.35. The van der Waals surface area contributed by atoms with E-state index in [0.29, 0.717) is 17.3 Å². The maximum atomic E-state index is 12.8. The van der Waals surface area contributed by atoms with Crippen molar-refractivity contribution < 1.29 is 14.6 Å². The van der Waals surface area contributed by atoms with Gasteiger partial charge in [-0.15, -0.1) is 0 Å². The lowest BCUT2D eigenvalue weighted by Gasteiger charge is -2.30. The zero-order valence-corrected chi connectivity index (χ0v) is 14.1. The second-order valence-electron chi connectivity index (χ2n) is 5.15. The van der Waals surface area contributed by atoms with Crippen LogP contribution in [0.25, 0.3) is 5.76 Å². The molecular formula is C17H17N3O3S. The third kappa shape index (κ3) is 3.37. The topological polar surface area (TPSA) is 74.7 Å². The molecule has 3 rings (SSSR count). The van der Waals surface area contributed by atoms with Gasteiger partial charge in [-0.25, -0.2) is 4.98 Å². The van der Waals surface area contributed by atoms with Crippen LogP contribution in [-0.4, -0.2) is 33.6 Å². The molecule has 7 heteroatoms. The Morgan fingerprint density at radius 3 is 2.75 bits per heavy atom. The average molecular weight is 343 g/mol. The first-order valence-electron chi connectivity index (χ1n) is 7.38. The third-order valence-corrected chi connectivity index (χ3v) is 4.32. The maximum Gasteiger partial charge on any atom is 0.277 e. The molecule has 1 aliphatic rings. The number of nitrogens with one attached hydrogen (secondary N) is 1. The van der Waals surface area contributed by atoms with Crippen molar-refractivity contribution >= 4 is 29.4 Å². The van der Waals surface area contributed by atoms with Crippen LogP contribution in [-0.2, 0) is 9.53 Å². The Bertz CT molecular complexity index is 778. The number of rotatable bonds is 4. The van der Waals surface area contributed by atoms with Crippen LogP contribution in [0.1, 0.15) is 12.5 Å². The molecular weight excluding hydrogens is 326 g/mol. The first kappa shape index (κ1) is 16.4. The van der Waals surface area contributed by atoms with E-state index < -0.39 is 6.29 Å². The van der Waals surface area contributed by atoms with Crippen molar-refractivity contribution in [1.82, 2.24) is 9.29 Å². The van der Waals surface area contributed by atoms with Crippen LogP contribution in [0.15, 0.2) is 59.3 Å². The molecule has 0 spiro atoms. The zero-order chi connectivity index (χ0) is 17.1. The molecule has 1 aromatic heterocycles. The normalized spacial score (nSPS) is 14.9. The molecule has 0 bridgehead atoms. The number of ether oxygens (including phenoxy) is 1. The number of hydrogen-bond acceptors (Lipinski definition) is 6. The highest BCUT2D eigenvalue weighted by molar-refractivity contribution is 7.97. The molecule has 24 heavy (non-hydrogen) atoms. The molecule has 1 aromatic carbocycles. The van der Waals surface area contributed by atoms with Crippen LogP contribution in [0.5, 0.6) is 0 Å². The number of aromatic nitrogens is 1. The van der Waals surface area contributed by atoms with E-state index >= 15 is 0 Å². The van der Waals surface area contributed by atoms with Crippen LogP contribution in [0.3, 0.4) is 0 Å². The van der Waals surface area contributed by atoms with Gasteiger partial charge in [-0.3, -0.25) is 4.79 Å². The number of benzene rings is 1. The average Bonchev–Trinajstić information content (AvgIpc) is 2.55. The van der Waals surface area contributed by atoms with Crippen molar-refractivity contribution in [3.8, 4) is 0 Å². The Morgan fingerprint density at radius 1 is 1.29 bits per heavy atom. The Labute approximate surface area is 144 Å². The van der Waals surface area contributed by atoms with Crippen molar-refractivity contribution in [3.63, 3.8) is 0 Å². The molecule has 2 N–H and O–H groups in total. The monoisotopic (exact) mass is 343 g/mol. The Kier molecular flexibility index (Phi) is 4.73. The minimum Gasteiger partial charge on any atom is -0.462 e. The molecule has 1 aliphatic heterocycles. The molecule has 1 atom stereocenters. The summed E-state index contributed by atoms with van der Waals surface area (Å²) in [6.45, 7) is 1.51. The Balaban J connectivity index is 2.02. The minimum absolute atomic E-state index is 0.324. The number of carbonyl (C=O) groups excluding carboxylic acids is 1. The first-order chi connectivity index (χ1) is 11.6. The van der Waals surface area contributed by atoms with E-state index in [1.807, 2.05) is 24.3 Å². The summed E-state index contributed by atoms with van der Waals surface area (Å²) >= 11 is 1.42. The standard InChI is InChI=1S/C17H17N3O3S/c1-11(21)23-16-12-7-3-4-8-13(12)24-20(2)15(16)17(22)19-14-9-5-6-10-18-14/h3-11,21H,1-2H3,(H,18,19,22). The number of aliphatic hydroxyl groups excluding tert-OH is 1. The van der Waals surface area contributed by atoms with Gasteiger partial charge in [0.1, 0.15) is 5.82 Å². The predicted molar refractivity (Wildman–Crippen MR) is 92.6 cm³/mol. The number of nitrogens with zero attached hydrogens (tertiary/aromatic N) is 2. The van der Waals surface area contributed by atoms with Gasteiger partial charge in [-0.2, -0.15) is 0 Å². The van der Waals surface area contributed by atoms with Gasteiger partial charge in [0.05, 0.1) is 0 Å². The van der Waals surface area contributed by atoms with E-state index in [-0.39, 0.29) is 5.91 Å². The van der Waals surface area contributed by atoms with Crippen molar-refractivity contribution in [2.24, 2.45) is 0 Å². The van der Waals surface area contributed by atoms with Crippen LogP contribution in [0.2, 0.25) is 0 Å². The number of pyridine rings is 1. The highest BCUT2D eigenvalue weighted by Gasteiger charge is 2.30. The third-order valence-electron chi connectivity index (χ3n) is 3.31. The van der Waals surface area contributed by atoms with Crippen molar-refractivity contribution in [3.05, 3.63) is 59.9 Å². The molecule has 2 heterocycles. The number of anilines is 1. The summed E-state index contributed by atoms with van der Waals surface area (Å²) in [5, 5.41) is 12.4. The van der Waals surface area contributed by atoms with E-state index in [9.17, 15) is 9.90 Å². The van der Waals surface area contributed by atoms with Gasteiger partial charge >= 0.3 is 0 Å². The molecule has 1 unspecified atom stereocenters. The molecule has 6 nitrogen and oxygen atoms in total. The summed E-state index contributed by atoms with van der Waals surface area (Å²) in [6, 6.07) is 12.9. The number of hydrogen-bond donors (Lipinski definition) is 2. The molecule has 0 saturated heterocycles. The molecule has 124 valence electrons. The highest BCUT2D eigenvalue weighted by Crippen LogP contribution is 2.40. The lowest BCUT2D eigenvalue weighted by atomic mass is 10.1. The second kappa shape index (κ2) is 6.94. The largest absolute Gasteiger partial charge is 0.462 e. The van der Waals surface area contributed by atoms with Gasteiger partial charge in [-0.05, 0) is 43.1 Å². The summed E-state index contributed by atoms with van der Waals surface area (Å²) in [4.78, 5) is 17.8. The van der Waals surface area contributed by atoms with Crippen molar-refractivity contribution in [2.75, 3.05) is 12.4 Å². The van der Waals surface area contributed by atoms with Gasteiger partial charge in [0.2, 0.25) is 0 Å².